The Hall–Kier alpha value is -2.27. The zero-order valence-corrected chi connectivity index (χ0v) is 12.2. The number of amides is 1. The highest BCUT2D eigenvalue weighted by Gasteiger charge is 2.30. The van der Waals surface area contributed by atoms with E-state index in [2.05, 4.69) is 15.2 Å². The first-order chi connectivity index (χ1) is 10.7. The summed E-state index contributed by atoms with van der Waals surface area (Å²) in [6.07, 6.45) is 2.53. The Morgan fingerprint density at radius 2 is 2.18 bits per heavy atom. The molecule has 1 aromatic carbocycles. The first-order valence-electron chi connectivity index (χ1n) is 7.41. The molecular weight excluding hydrogens is 281 g/mol. The van der Waals surface area contributed by atoms with Crippen LogP contribution in [0.15, 0.2) is 48.7 Å². The van der Waals surface area contributed by atoms with Crippen molar-refractivity contribution in [3.63, 3.8) is 0 Å². The van der Waals surface area contributed by atoms with Crippen LogP contribution < -0.4 is 5.32 Å². The molecule has 0 saturated carbocycles. The largest absolute Gasteiger partial charge is 0.353 e. The molecule has 22 heavy (non-hydrogen) atoms. The highest BCUT2D eigenvalue weighted by Crippen LogP contribution is 2.24. The number of benzene rings is 1. The zero-order valence-electron chi connectivity index (χ0n) is 12.2. The van der Waals surface area contributed by atoms with Gasteiger partial charge in [0.2, 0.25) is 5.91 Å². The number of nitrogens with one attached hydrogen (secondary N) is 1. The maximum atomic E-state index is 13.5. The Kier molecular flexibility index (Phi) is 4.44. The molecule has 114 valence electrons. The fourth-order valence-corrected chi connectivity index (χ4v) is 2.80. The first-order valence-corrected chi connectivity index (χ1v) is 7.41. The summed E-state index contributed by atoms with van der Waals surface area (Å²) in [5.74, 6) is -0.390. The number of pyridine rings is 1. The van der Waals surface area contributed by atoms with Gasteiger partial charge in [-0.05, 0) is 29.8 Å². The molecule has 5 heteroatoms. The second-order valence-electron chi connectivity index (χ2n) is 5.36. The molecule has 0 aliphatic carbocycles. The number of halogens is 1. The van der Waals surface area contributed by atoms with E-state index in [1.165, 1.54) is 12.1 Å². The molecule has 0 radical (unpaired) electrons. The van der Waals surface area contributed by atoms with Gasteiger partial charge >= 0.3 is 0 Å². The summed E-state index contributed by atoms with van der Waals surface area (Å²) in [6, 6.07) is 11.6. The second-order valence-corrected chi connectivity index (χ2v) is 5.36. The Morgan fingerprint density at radius 1 is 1.27 bits per heavy atom. The Bertz CT molecular complexity index is 647. The van der Waals surface area contributed by atoms with Crippen LogP contribution >= 0.6 is 0 Å². The molecule has 2 heterocycles. The van der Waals surface area contributed by atoms with Gasteiger partial charge in [-0.2, -0.15) is 0 Å². The summed E-state index contributed by atoms with van der Waals surface area (Å²) in [4.78, 5) is 18.6. The van der Waals surface area contributed by atoms with E-state index in [1.54, 1.807) is 18.3 Å². The van der Waals surface area contributed by atoms with Crippen molar-refractivity contribution < 1.29 is 9.18 Å². The maximum absolute atomic E-state index is 13.5. The van der Waals surface area contributed by atoms with Crippen LogP contribution in [0.25, 0.3) is 0 Å². The normalized spacial score (nSPS) is 19.0. The monoisotopic (exact) mass is 299 g/mol. The van der Waals surface area contributed by atoms with Crippen molar-refractivity contribution in [3.05, 3.63) is 65.7 Å². The van der Waals surface area contributed by atoms with Crippen LogP contribution in [0.4, 0.5) is 4.39 Å². The van der Waals surface area contributed by atoms with E-state index in [4.69, 9.17) is 0 Å². The van der Waals surface area contributed by atoms with E-state index in [0.29, 0.717) is 18.7 Å². The predicted octanol–water partition coefficient (Wildman–Crippen LogP) is 1.94. The minimum absolute atomic E-state index is 0.0714. The smallest absolute Gasteiger partial charge is 0.242 e. The fraction of sp³-hybridized carbons (Fsp3) is 0.294. The van der Waals surface area contributed by atoms with Gasteiger partial charge in [-0.1, -0.05) is 18.2 Å². The van der Waals surface area contributed by atoms with E-state index < -0.39 is 6.04 Å². The zero-order chi connectivity index (χ0) is 15.4. The highest BCUT2D eigenvalue weighted by atomic mass is 19.1. The summed E-state index contributed by atoms with van der Waals surface area (Å²) in [5.41, 5.74) is 1.68. The van der Waals surface area contributed by atoms with Gasteiger partial charge in [-0.15, -0.1) is 0 Å². The second kappa shape index (κ2) is 6.66. The van der Waals surface area contributed by atoms with Crippen LogP contribution in [-0.2, 0) is 11.2 Å². The molecule has 4 nitrogen and oxygen atoms in total. The highest BCUT2D eigenvalue weighted by molar-refractivity contribution is 5.83. The van der Waals surface area contributed by atoms with Crippen molar-refractivity contribution in [2.75, 3.05) is 19.6 Å². The van der Waals surface area contributed by atoms with E-state index in [1.807, 2.05) is 18.2 Å². The molecular formula is C17H18FN3O. The summed E-state index contributed by atoms with van der Waals surface area (Å²) >= 11 is 0. The lowest BCUT2D eigenvalue weighted by molar-refractivity contribution is -0.129. The average molecular weight is 299 g/mol. The lowest BCUT2D eigenvalue weighted by Gasteiger charge is -2.35. The van der Waals surface area contributed by atoms with E-state index in [-0.39, 0.29) is 11.7 Å². The van der Waals surface area contributed by atoms with Crippen molar-refractivity contribution in [1.82, 2.24) is 15.2 Å². The van der Waals surface area contributed by atoms with Crippen molar-refractivity contribution in [1.29, 1.82) is 0 Å². The average Bonchev–Trinajstić information content (AvgIpc) is 2.54. The number of rotatable bonds is 4. The molecule has 1 atom stereocenters. The standard InChI is InChI=1S/C17H18FN3O/c18-14-5-3-4-13(12-14)16-17(22)20-9-11-21(16)10-7-15-6-1-2-8-19-15/h1-6,8,12,16H,7,9-11H2,(H,20,22)/t16-/m0/s1. The van der Waals surface area contributed by atoms with Crippen LogP contribution in [0.5, 0.6) is 0 Å². The van der Waals surface area contributed by atoms with Gasteiger partial charge in [0, 0.05) is 37.9 Å². The SMILES string of the molecule is O=C1NCCN(CCc2ccccn2)[C@H]1c1cccc(F)c1. The number of carbonyl (C=O) groups is 1. The molecule has 1 saturated heterocycles. The van der Waals surface area contributed by atoms with Crippen LogP contribution in [0.1, 0.15) is 17.3 Å². The van der Waals surface area contributed by atoms with Gasteiger partial charge in [0.15, 0.2) is 0 Å². The van der Waals surface area contributed by atoms with Crippen LogP contribution in [-0.4, -0.2) is 35.4 Å². The van der Waals surface area contributed by atoms with E-state index in [9.17, 15) is 9.18 Å². The number of hydrogen-bond acceptors (Lipinski definition) is 3. The lowest BCUT2D eigenvalue weighted by atomic mass is 10.0. The maximum Gasteiger partial charge on any atom is 0.242 e. The number of carbonyl (C=O) groups excluding carboxylic acids is 1. The van der Waals surface area contributed by atoms with Gasteiger partial charge in [0.05, 0.1) is 0 Å². The molecule has 0 unspecified atom stereocenters. The van der Waals surface area contributed by atoms with E-state index >= 15 is 0 Å². The summed E-state index contributed by atoms with van der Waals surface area (Å²) in [6.45, 7) is 2.08. The van der Waals surface area contributed by atoms with Gasteiger partial charge in [0.1, 0.15) is 11.9 Å². The molecule has 1 aliphatic heterocycles. The minimum atomic E-state index is -0.437. The summed E-state index contributed by atoms with van der Waals surface area (Å²) < 4.78 is 13.5. The Labute approximate surface area is 129 Å². The third-order valence-electron chi connectivity index (χ3n) is 3.86. The van der Waals surface area contributed by atoms with Crippen molar-refractivity contribution >= 4 is 5.91 Å². The van der Waals surface area contributed by atoms with Crippen LogP contribution in [0.3, 0.4) is 0 Å². The van der Waals surface area contributed by atoms with E-state index in [0.717, 1.165) is 18.7 Å². The topological polar surface area (TPSA) is 45.2 Å². The molecule has 2 aromatic rings. The third kappa shape index (κ3) is 3.31. The molecule has 1 aliphatic rings. The molecule has 0 spiro atoms. The number of piperazine rings is 1. The Balaban J connectivity index is 1.77. The molecule has 1 aromatic heterocycles. The molecule has 0 bridgehead atoms. The molecule has 1 amide bonds. The van der Waals surface area contributed by atoms with Crippen LogP contribution in [0, 0.1) is 5.82 Å². The number of nitrogens with zero attached hydrogens (tertiary/aromatic N) is 2. The quantitative estimate of drug-likeness (QED) is 0.938. The fourth-order valence-electron chi connectivity index (χ4n) is 2.80. The van der Waals surface area contributed by atoms with Crippen molar-refractivity contribution in [3.8, 4) is 0 Å². The van der Waals surface area contributed by atoms with Crippen LogP contribution in [0.2, 0.25) is 0 Å². The van der Waals surface area contributed by atoms with Gasteiger partial charge < -0.3 is 5.32 Å². The predicted molar refractivity (Wildman–Crippen MR) is 81.7 cm³/mol. The summed E-state index contributed by atoms with van der Waals surface area (Å²) in [5, 5.41) is 2.86. The number of hydrogen-bond donors (Lipinski definition) is 1. The van der Waals surface area contributed by atoms with Gasteiger partial charge in [0.25, 0.3) is 0 Å². The van der Waals surface area contributed by atoms with Gasteiger partial charge in [-0.3, -0.25) is 14.7 Å². The van der Waals surface area contributed by atoms with Crippen molar-refractivity contribution in [2.45, 2.75) is 12.5 Å². The van der Waals surface area contributed by atoms with Gasteiger partial charge in [-0.25, -0.2) is 4.39 Å². The Morgan fingerprint density at radius 3 is 2.95 bits per heavy atom. The third-order valence-corrected chi connectivity index (χ3v) is 3.86. The van der Waals surface area contributed by atoms with Crippen molar-refractivity contribution in [2.24, 2.45) is 0 Å². The number of aromatic nitrogens is 1. The summed E-state index contributed by atoms with van der Waals surface area (Å²) in [7, 11) is 0. The minimum Gasteiger partial charge on any atom is -0.353 e. The first kappa shape index (κ1) is 14.7. The molecule has 3 rings (SSSR count). The molecule has 1 N–H and O–H groups in total. The lowest BCUT2D eigenvalue weighted by Crippen LogP contribution is -2.50. The molecule has 1 fully saturated rings.